The van der Waals surface area contributed by atoms with Crippen molar-refractivity contribution < 1.29 is 28.2 Å². The molecule has 0 saturated carbocycles. The van der Waals surface area contributed by atoms with E-state index < -0.39 is 17.8 Å². The minimum atomic E-state index is -0.827. The van der Waals surface area contributed by atoms with Gasteiger partial charge < -0.3 is 19.1 Å². The molecule has 0 bridgehead atoms. The number of halogens is 1. The van der Waals surface area contributed by atoms with E-state index in [1.807, 2.05) is 0 Å². The fraction of sp³-hybridized carbons (Fsp3) is 0.333. The van der Waals surface area contributed by atoms with Crippen LogP contribution in [0, 0.1) is 5.82 Å². The van der Waals surface area contributed by atoms with Crippen molar-refractivity contribution in [3.63, 3.8) is 0 Å². The van der Waals surface area contributed by atoms with Crippen LogP contribution in [0.5, 0.6) is 11.5 Å². The van der Waals surface area contributed by atoms with Gasteiger partial charge in [0.1, 0.15) is 5.82 Å². The average molecular weight is 580 g/mol. The Morgan fingerprint density at radius 1 is 1.12 bits per heavy atom. The molecule has 9 nitrogen and oxygen atoms in total. The van der Waals surface area contributed by atoms with E-state index >= 15 is 0 Å². The molecule has 1 saturated heterocycles. The van der Waals surface area contributed by atoms with Crippen LogP contribution in [0.4, 0.5) is 4.39 Å². The van der Waals surface area contributed by atoms with Crippen molar-refractivity contribution in [2.24, 2.45) is 4.99 Å². The summed E-state index contributed by atoms with van der Waals surface area (Å²) in [6.07, 6.45) is 3.71. The molecule has 0 N–H and O–H groups in total. The Balaban J connectivity index is 1.51. The minimum Gasteiger partial charge on any atom is -0.493 e. The third-order valence-electron chi connectivity index (χ3n) is 7.00. The number of thiazole rings is 1. The van der Waals surface area contributed by atoms with Gasteiger partial charge in [-0.15, -0.1) is 0 Å². The van der Waals surface area contributed by atoms with Gasteiger partial charge in [0.2, 0.25) is 0 Å². The number of methoxy groups -OCH3 is 1. The van der Waals surface area contributed by atoms with E-state index in [0.717, 1.165) is 25.9 Å². The van der Waals surface area contributed by atoms with Gasteiger partial charge in [0.05, 0.1) is 35.6 Å². The number of carbonyl (C=O) groups excluding carboxylic acids is 2. The summed E-state index contributed by atoms with van der Waals surface area (Å²) < 4.78 is 32.1. The van der Waals surface area contributed by atoms with Crippen LogP contribution >= 0.6 is 11.3 Å². The van der Waals surface area contributed by atoms with Crippen LogP contribution in [0.3, 0.4) is 0 Å². The number of esters is 1. The van der Waals surface area contributed by atoms with Gasteiger partial charge in [0, 0.05) is 13.1 Å². The fourth-order valence-corrected chi connectivity index (χ4v) is 6.04. The lowest BCUT2D eigenvalue weighted by atomic mass is 9.96. The predicted octanol–water partition coefficient (Wildman–Crippen LogP) is 2.95. The molecule has 0 spiro atoms. The zero-order chi connectivity index (χ0) is 29.1. The third kappa shape index (κ3) is 5.81. The molecular weight excluding hydrogens is 549 g/mol. The summed E-state index contributed by atoms with van der Waals surface area (Å²) >= 11 is 1.18. The highest BCUT2D eigenvalue weighted by Gasteiger charge is 2.33. The molecule has 1 aromatic heterocycles. The van der Waals surface area contributed by atoms with Crippen molar-refractivity contribution in [2.75, 3.05) is 33.4 Å². The molecule has 41 heavy (non-hydrogen) atoms. The van der Waals surface area contributed by atoms with Crippen LogP contribution < -0.4 is 24.4 Å². The molecule has 0 unspecified atom stereocenters. The van der Waals surface area contributed by atoms with Crippen LogP contribution in [-0.2, 0) is 14.3 Å². The Bertz CT molecular complexity index is 1690. The lowest BCUT2D eigenvalue weighted by Crippen LogP contribution is -2.39. The molecule has 11 heteroatoms. The SMILES string of the molecule is CCOC(=O)C1=C(C)N=c2s/c(=C/c3ccc(OCC(=O)N4CCCC4)c(OC)c3)c(=O)n2[C@@H]1c1ccc(F)cc1. The maximum Gasteiger partial charge on any atom is 0.338 e. The highest BCUT2D eigenvalue weighted by Crippen LogP contribution is 2.31. The van der Waals surface area contributed by atoms with E-state index in [4.69, 9.17) is 14.2 Å². The second kappa shape index (κ2) is 12.1. The molecule has 5 rings (SSSR count). The predicted molar refractivity (Wildman–Crippen MR) is 151 cm³/mol. The topological polar surface area (TPSA) is 99.4 Å². The van der Waals surface area contributed by atoms with Crippen molar-refractivity contribution >= 4 is 29.3 Å². The van der Waals surface area contributed by atoms with Crippen molar-refractivity contribution in [2.45, 2.75) is 32.7 Å². The number of benzene rings is 2. The Labute approximate surface area is 239 Å². The third-order valence-corrected chi connectivity index (χ3v) is 7.98. The number of hydrogen-bond donors (Lipinski definition) is 0. The summed E-state index contributed by atoms with van der Waals surface area (Å²) in [7, 11) is 1.50. The van der Waals surface area contributed by atoms with E-state index in [-0.39, 0.29) is 30.3 Å². The smallest absolute Gasteiger partial charge is 0.338 e. The molecule has 1 fully saturated rings. The van der Waals surface area contributed by atoms with Crippen LogP contribution in [0.25, 0.3) is 6.08 Å². The minimum absolute atomic E-state index is 0.0667. The number of aromatic nitrogens is 1. The molecule has 0 aliphatic carbocycles. The van der Waals surface area contributed by atoms with E-state index in [2.05, 4.69) is 4.99 Å². The number of fused-ring (bicyclic) bond motifs is 1. The zero-order valence-corrected chi connectivity index (χ0v) is 23.8. The first kappa shape index (κ1) is 28.3. The van der Waals surface area contributed by atoms with Gasteiger partial charge in [-0.2, -0.15) is 0 Å². The normalized spacial score (nSPS) is 16.8. The number of likely N-dealkylation sites (tertiary alicyclic amines) is 1. The number of rotatable bonds is 8. The van der Waals surface area contributed by atoms with Gasteiger partial charge in [-0.3, -0.25) is 14.2 Å². The molecule has 3 heterocycles. The number of amides is 1. The summed E-state index contributed by atoms with van der Waals surface area (Å²) in [6, 6.07) is 10.0. The number of nitrogens with zero attached hydrogens (tertiary/aromatic N) is 3. The molecule has 2 aliphatic rings. The number of allylic oxidation sites excluding steroid dienone is 1. The fourth-order valence-electron chi connectivity index (χ4n) is 4.99. The molecule has 1 atom stereocenters. The van der Waals surface area contributed by atoms with Gasteiger partial charge in [-0.05, 0) is 68.2 Å². The Hall–Kier alpha value is -4.25. The second-order valence-corrected chi connectivity index (χ2v) is 10.6. The molecule has 2 aliphatic heterocycles. The first-order valence-corrected chi connectivity index (χ1v) is 14.2. The largest absolute Gasteiger partial charge is 0.493 e. The zero-order valence-electron chi connectivity index (χ0n) is 23.0. The number of hydrogen-bond acceptors (Lipinski definition) is 8. The Morgan fingerprint density at radius 3 is 2.54 bits per heavy atom. The van der Waals surface area contributed by atoms with Crippen molar-refractivity contribution in [1.29, 1.82) is 0 Å². The molecule has 1 amide bonds. The van der Waals surface area contributed by atoms with Crippen molar-refractivity contribution in [3.8, 4) is 11.5 Å². The van der Waals surface area contributed by atoms with Gasteiger partial charge in [0.25, 0.3) is 11.5 Å². The summed E-state index contributed by atoms with van der Waals surface area (Å²) in [5.74, 6) is -0.236. The monoisotopic (exact) mass is 579 g/mol. The molecular formula is C30H30FN3O6S. The summed E-state index contributed by atoms with van der Waals surface area (Å²) in [5.41, 5.74) is 1.53. The first-order valence-electron chi connectivity index (χ1n) is 13.3. The highest BCUT2D eigenvalue weighted by atomic mass is 32.1. The molecule has 214 valence electrons. The Morgan fingerprint density at radius 2 is 1.85 bits per heavy atom. The van der Waals surface area contributed by atoms with Crippen LogP contribution in [0.1, 0.15) is 43.9 Å². The van der Waals surface area contributed by atoms with Crippen LogP contribution in [0.2, 0.25) is 0 Å². The summed E-state index contributed by atoms with van der Waals surface area (Å²) in [5, 5.41) is 0. The Kier molecular flexibility index (Phi) is 8.34. The maximum absolute atomic E-state index is 13.8. The van der Waals surface area contributed by atoms with Gasteiger partial charge >= 0.3 is 5.97 Å². The average Bonchev–Trinajstić information content (AvgIpc) is 3.60. The number of carbonyl (C=O) groups is 2. The van der Waals surface area contributed by atoms with Crippen LogP contribution in [0.15, 0.2) is 63.5 Å². The van der Waals surface area contributed by atoms with Gasteiger partial charge in [-0.25, -0.2) is 14.2 Å². The lowest BCUT2D eigenvalue weighted by molar-refractivity contribution is -0.139. The van der Waals surface area contributed by atoms with Crippen LogP contribution in [-0.4, -0.2) is 54.8 Å². The first-order chi connectivity index (χ1) is 19.8. The summed E-state index contributed by atoms with van der Waals surface area (Å²) in [4.78, 5) is 45.9. The molecule has 2 aromatic carbocycles. The quantitative estimate of drug-likeness (QED) is 0.381. The molecule has 3 aromatic rings. The number of ether oxygens (including phenoxy) is 3. The van der Waals surface area contributed by atoms with E-state index in [1.54, 1.807) is 55.2 Å². The van der Waals surface area contributed by atoms with Gasteiger partial charge in [0.15, 0.2) is 22.9 Å². The van der Waals surface area contributed by atoms with Crippen molar-refractivity contribution in [1.82, 2.24) is 9.47 Å². The molecule has 0 radical (unpaired) electrons. The van der Waals surface area contributed by atoms with E-state index in [9.17, 15) is 18.8 Å². The van der Waals surface area contributed by atoms with E-state index in [0.29, 0.717) is 37.7 Å². The standard InChI is InChI=1S/C30H30FN3O6S/c1-4-39-29(37)26-18(2)32-30-34(27(26)20-8-10-21(31)11-9-20)28(36)24(41-30)16-19-7-12-22(23(15-19)38-3)40-17-25(35)33-13-5-6-14-33/h7-12,15-16,27H,4-6,13-14,17H2,1-3H3/b24-16+/t27-/m1/s1. The second-order valence-electron chi connectivity index (χ2n) is 9.64. The lowest BCUT2D eigenvalue weighted by Gasteiger charge is -2.24. The maximum atomic E-state index is 13.8. The van der Waals surface area contributed by atoms with E-state index in [1.165, 1.54) is 35.1 Å². The van der Waals surface area contributed by atoms with Crippen molar-refractivity contribution in [3.05, 3.63) is 90.4 Å². The summed E-state index contributed by atoms with van der Waals surface area (Å²) in [6.45, 7) is 4.96. The van der Waals surface area contributed by atoms with Gasteiger partial charge in [-0.1, -0.05) is 29.5 Å². The highest BCUT2D eigenvalue weighted by molar-refractivity contribution is 7.07.